The number of carbonyl (C=O) groups is 1. The second-order valence-electron chi connectivity index (χ2n) is 3.52. The molecule has 1 aromatic rings. The van der Waals surface area contributed by atoms with E-state index in [0.29, 0.717) is 18.8 Å². The van der Waals surface area contributed by atoms with E-state index in [1.165, 1.54) is 7.11 Å². The summed E-state index contributed by atoms with van der Waals surface area (Å²) in [5, 5.41) is 0. The van der Waals surface area contributed by atoms with Gasteiger partial charge in [-0.2, -0.15) is 0 Å². The minimum absolute atomic E-state index is 0.323. The molecule has 0 aromatic heterocycles. The van der Waals surface area contributed by atoms with Crippen LogP contribution in [0.15, 0.2) is 40.4 Å². The number of benzene rings is 1. The molecular formula is C13H15BrO3. The third-order valence-corrected chi connectivity index (χ3v) is 2.67. The fraction of sp³-hybridized carbons (Fsp3) is 0.308. The van der Waals surface area contributed by atoms with Gasteiger partial charge in [0.05, 0.1) is 20.3 Å². The van der Waals surface area contributed by atoms with Crippen LogP contribution in [0, 0.1) is 0 Å². The maximum atomic E-state index is 11.1. The van der Waals surface area contributed by atoms with Crippen LogP contribution in [-0.4, -0.2) is 19.7 Å². The standard InChI is InChI=1S/C13H15BrO3/c1-10(13(15)16-2)6-7-17-9-11-4-3-5-12(14)8-11/h3-6,8H,7,9H2,1-2H3/b10-6+. The molecule has 92 valence electrons. The average Bonchev–Trinajstić information content (AvgIpc) is 2.33. The average molecular weight is 299 g/mol. The molecule has 3 nitrogen and oxygen atoms in total. The molecule has 0 unspecified atom stereocenters. The summed E-state index contributed by atoms with van der Waals surface area (Å²) in [7, 11) is 1.36. The molecule has 17 heavy (non-hydrogen) atoms. The highest BCUT2D eigenvalue weighted by molar-refractivity contribution is 9.10. The Kier molecular flexibility index (Phi) is 5.94. The number of methoxy groups -OCH3 is 1. The van der Waals surface area contributed by atoms with Gasteiger partial charge in [0.15, 0.2) is 0 Å². The minimum atomic E-state index is -0.323. The number of hydrogen-bond acceptors (Lipinski definition) is 3. The van der Waals surface area contributed by atoms with Crippen molar-refractivity contribution in [2.75, 3.05) is 13.7 Å². The predicted molar refractivity (Wildman–Crippen MR) is 69.6 cm³/mol. The van der Waals surface area contributed by atoms with Crippen molar-refractivity contribution in [1.82, 2.24) is 0 Å². The van der Waals surface area contributed by atoms with E-state index >= 15 is 0 Å². The fourth-order valence-electron chi connectivity index (χ4n) is 1.23. The van der Waals surface area contributed by atoms with E-state index in [4.69, 9.17) is 4.74 Å². The topological polar surface area (TPSA) is 35.5 Å². The molecule has 0 fully saturated rings. The third-order valence-electron chi connectivity index (χ3n) is 2.17. The van der Waals surface area contributed by atoms with E-state index < -0.39 is 0 Å². The molecule has 1 rings (SSSR count). The van der Waals surface area contributed by atoms with E-state index in [1.54, 1.807) is 13.0 Å². The number of esters is 1. The van der Waals surface area contributed by atoms with E-state index in [-0.39, 0.29) is 5.97 Å². The minimum Gasteiger partial charge on any atom is -0.466 e. The molecule has 4 heteroatoms. The Hall–Kier alpha value is -1.13. The zero-order valence-electron chi connectivity index (χ0n) is 9.90. The molecule has 0 saturated carbocycles. The third kappa shape index (κ3) is 5.15. The van der Waals surface area contributed by atoms with Crippen molar-refractivity contribution in [3.63, 3.8) is 0 Å². The van der Waals surface area contributed by atoms with Gasteiger partial charge in [-0.15, -0.1) is 0 Å². The van der Waals surface area contributed by atoms with Crippen LogP contribution >= 0.6 is 15.9 Å². The summed E-state index contributed by atoms with van der Waals surface area (Å²) in [5.74, 6) is -0.323. The molecule has 0 amide bonds. The van der Waals surface area contributed by atoms with Gasteiger partial charge in [-0.3, -0.25) is 0 Å². The number of carbonyl (C=O) groups excluding carboxylic acids is 1. The van der Waals surface area contributed by atoms with Gasteiger partial charge in [0.25, 0.3) is 0 Å². The first-order chi connectivity index (χ1) is 8.13. The molecule has 1 aromatic carbocycles. The second-order valence-corrected chi connectivity index (χ2v) is 4.44. The van der Waals surface area contributed by atoms with Gasteiger partial charge in [0, 0.05) is 10.0 Å². The first-order valence-corrected chi connectivity index (χ1v) is 6.00. The molecular weight excluding hydrogens is 284 g/mol. The highest BCUT2D eigenvalue weighted by atomic mass is 79.9. The normalized spacial score (nSPS) is 11.4. The number of halogens is 1. The fourth-order valence-corrected chi connectivity index (χ4v) is 1.68. The molecule has 0 radical (unpaired) electrons. The van der Waals surface area contributed by atoms with Crippen LogP contribution in [0.2, 0.25) is 0 Å². The molecule has 0 heterocycles. The summed E-state index contributed by atoms with van der Waals surface area (Å²) in [4.78, 5) is 11.1. The quantitative estimate of drug-likeness (QED) is 0.476. The van der Waals surface area contributed by atoms with Crippen molar-refractivity contribution in [3.8, 4) is 0 Å². The monoisotopic (exact) mass is 298 g/mol. The Balaban J connectivity index is 2.36. The summed E-state index contributed by atoms with van der Waals surface area (Å²) >= 11 is 3.39. The summed E-state index contributed by atoms with van der Waals surface area (Å²) < 4.78 is 11.0. The van der Waals surface area contributed by atoms with Crippen molar-refractivity contribution >= 4 is 21.9 Å². The SMILES string of the molecule is COC(=O)/C(C)=C/COCc1cccc(Br)c1. The summed E-state index contributed by atoms with van der Waals surface area (Å²) in [6.07, 6.45) is 1.71. The van der Waals surface area contributed by atoms with Crippen LogP contribution in [-0.2, 0) is 20.9 Å². The maximum absolute atomic E-state index is 11.1. The van der Waals surface area contributed by atoms with E-state index in [0.717, 1.165) is 10.0 Å². The van der Waals surface area contributed by atoms with Crippen molar-refractivity contribution < 1.29 is 14.3 Å². The molecule has 0 aliphatic heterocycles. The Labute approximate surface area is 110 Å². The van der Waals surface area contributed by atoms with Crippen molar-refractivity contribution in [1.29, 1.82) is 0 Å². The van der Waals surface area contributed by atoms with E-state index in [2.05, 4.69) is 20.7 Å². The largest absolute Gasteiger partial charge is 0.466 e. The van der Waals surface area contributed by atoms with Gasteiger partial charge in [-0.1, -0.05) is 28.1 Å². The van der Waals surface area contributed by atoms with Crippen molar-refractivity contribution in [2.24, 2.45) is 0 Å². The first kappa shape index (κ1) is 13.9. The number of hydrogen-bond donors (Lipinski definition) is 0. The smallest absolute Gasteiger partial charge is 0.333 e. The Morgan fingerprint density at radius 1 is 1.47 bits per heavy atom. The Morgan fingerprint density at radius 3 is 2.88 bits per heavy atom. The lowest BCUT2D eigenvalue weighted by atomic mass is 10.2. The molecule has 0 bridgehead atoms. The van der Waals surface area contributed by atoms with Gasteiger partial charge in [-0.25, -0.2) is 4.79 Å². The van der Waals surface area contributed by atoms with Crippen LogP contribution in [0.1, 0.15) is 12.5 Å². The molecule has 0 aliphatic rings. The van der Waals surface area contributed by atoms with Crippen LogP contribution in [0.3, 0.4) is 0 Å². The number of ether oxygens (including phenoxy) is 2. The van der Waals surface area contributed by atoms with Crippen LogP contribution in [0.4, 0.5) is 0 Å². The number of rotatable bonds is 5. The molecule has 0 saturated heterocycles. The summed E-state index contributed by atoms with van der Waals surface area (Å²) in [5.41, 5.74) is 1.64. The maximum Gasteiger partial charge on any atom is 0.333 e. The van der Waals surface area contributed by atoms with Gasteiger partial charge < -0.3 is 9.47 Å². The molecule has 0 aliphatic carbocycles. The Morgan fingerprint density at radius 2 is 2.24 bits per heavy atom. The highest BCUT2D eigenvalue weighted by Crippen LogP contribution is 2.12. The molecule has 0 atom stereocenters. The van der Waals surface area contributed by atoms with E-state index in [1.807, 2.05) is 24.3 Å². The summed E-state index contributed by atoms with van der Waals surface area (Å²) in [6, 6.07) is 7.90. The zero-order valence-corrected chi connectivity index (χ0v) is 11.5. The van der Waals surface area contributed by atoms with Crippen LogP contribution < -0.4 is 0 Å². The van der Waals surface area contributed by atoms with Crippen molar-refractivity contribution in [3.05, 3.63) is 46.0 Å². The second kappa shape index (κ2) is 7.25. The zero-order chi connectivity index (χ0) is 12.7. The van der Waals surface area contributed by atoms with Gasteiger partial charge in [-0.05, 0) is 30.7 Å². The Bertz CT molecular complexity index is 413. The van der Waals surface area contributed by atoms with Gasteiger partial charge in [0.2, 0.25) is 0 Å². The lowest BCUT2D eigenvalue weighted by molar-refractivity contribution is -0.136. The van der Waals surface area contributed by atoms with Crippen LogP contribution in [0.5, 0.6) is 0 Å². The van der Waals surface area contributed by atoms with Crippen LogP contribution in [0.25, 0.3) is 0 Å². The lowest BCUT2D eigenvalue weighted by Crippen LogP contribution is -2.03. The highest BCUT2D eigenvalue weighted by Gasteiger charge is 2.01. The van der Waals surface area contributed by atoms with E-state index in [9.17, 15) is 4.79 Å². The predicted octanol–water partition coefficient (Wildman–Crippen LogP) is 3.09. The van der Waals surface area contributed by atoms with Crippen molar-refractivity contribution in [2.45, 2.75) is 13.5 Å². The molecule has 0 N–H and O–H groups in total. The lowest BCUT2D eigenvalue weighted by Gasteiger charge is -2.03. The molecule has 0 spiro atoms. The summed E-state index contributed by atoms with van der Waals surface area (Å²) in [6.45, 7) is 2.62. The van der Waals surface area contributed by atoms with Gasteiger partial charge in [0.1, 0.15) is 0 Å². The van der Waals surface area contributed by atoms with Gasteiger partial charge >= 0.3 is 5.97 Å². The first-order valence-electron chi connectivity index (χ1n) is 5.20.